The zero-order chi connectivity index (χ0) is 14.8. The van der Waals surface area contributed by atoms with Crippen LogP contribution < -0.4 is 5.32 Å². The minimum absolute atomic E-state index is 0.146. The maximum Gasteiger partial charge on any atom is 0.252 e. The molecule has 0 spiro atoms. The minimum Gasteiger partial charge on any atom is -0.347 e. The quantitative estimate of drug-likeness (QED) is 0.884. The van der Waals surface area contributed by atoms with E-state index < -0.39 is 0 Å². The van der Waals surface area contributed by atoms with Crippen molar-refractivity contribution in [3.8, 4) is 0 Å². The lowest BCUT2D eigenvalue weighted by Gasteiger charge is -2.28. The van der Waals surface area contributed by atoms with Crippen LogP contribution in [-0.4, -0.2) is 11.4 Å². The summed E-state index contributed by atoms with van der Waals surface area (Å²) in [4.78, 5) is 12.5. The van der Waals surface area contributed by atoms with Crippen molar-refractivity contribution in [2.24, 2.45) is 0 Å². The van der Waals surface area contributed by atoms with Crippen molar-refractivity contribution in [3.05, 3.63) is 47.8 Å². The second-order valence-electron chi connectivity index (χ2n) is 5.36. The first kappa shape index (κ1) is 14.5. The number of benzene rings is 2. The van der Waals surface area contributed by atoms with E-state index in [0.717, 1.165) is 12.8 Å². The summed E-state index contributed by atoms with van der Waals surface area (Å²) in [6, 6.07) is 9.97. The highest BCUT2D eigenvalue weighted by molar-refractivity contribution is 6.07. The van der Waals surface area contributed by atoms with Gasteiger partial charge in [-0.2, -0.15) is 0 Å². The van der Waals surface area contributed by atoms with Gasteiger partial charge in [0.25, 0.3) is 5.91 Å². The molecule has 0 saturated carbocycles. The van der Waals surface area contributed by atoms with Gasteiger partial charge in [-0.1, -0.05) is 38.1 Å². The fourth-order valence-electron chi connectivity index (χ4n) is 2.23. The van der Waals surface area contributed by atoms with E-state index in [1.165, 1.54) is 6.07 Å². The number of halogens is 1. The van der Waals surface area contributed by atoms with Crippen LogP contribution in [0.1, 0.15) is 44.0 Å². The van der Waals surface area contributed by atoms with E-state index >= 15 is 0 Å². The highest BCUT2D eigenvalue weighted by Gasteiger charge is 2.23. The minimum atomic E-state index is -0.300. The third kappa shape index (κ3) is 2.67. The molecule has 0 aliphatic carbocycles. The van der Waals surface area contributed by atoms with E-state index in [1.54, 1.807) is 24.3 Å². The molecule has 1 N–H and O–H groups in total. The lowest BCUT2D eigenvalue weighted by Crippen LogP contribution is -2.45. The molecule has 0 heterocycles. The molecule has 0 aliphatic rings. The number of amides is 1. The first-order chi connectivity index (χ1) is 9.50. The van der Waals surface area contributed by atoms with Crippen molar-refractivity contribution in [1.82, 2.24) is 5.32 Å². The van der Waals surface area contributed by atoms with Crippen LogP contribution in [0.2, 0.25) is 0 Å². The predicted molar refractivity (Wildman–Crippen MR) is 80.4 cm³/mol. The first-order valence-corrected chi connectivity index (χ1v) is 7.00. The van der Waals surface area contributed by atoms with Crippen molar-refractivity contribution >= 4 is 16.7 Å². The van der Waals surface area contributed by atoms with Crippen molar-refractivity contribution in [2.45, 2.75) is 39.2 Å². The van der Waals surface area contributed by atoms with Crippen LogP contribution in [0.3, 0.4) is 0 Å². The third-order valence-corrected chi connectivity index (χ3v) is 4.09. The van der Waals surface area contributed by atoms with Crippen LogP contribution in [0, 0.1) is 5.82 Å². The second kappa shape index (κ2) is 5.61. The molecule has 2 aromatic carbocycles. The van der Waals surface area contributed by atoms with E-state index in [4.69, 9.17) is 0 Å². The van der Waals surface area contributed by atoms with Gasteiger partial charge in [0.15, 0.2) is 0 Å². The molecule has 0 atom stereocenters. The van der Waals surface area contributed by atoms with Gasteiger partial charge in [-0.25, -0.2) is 4.39 Å². The average molecular weight is 273 g/mol. The summed E-state index contributed by atoms with van der Waals surface area (Å²) >= 11 is 0. The van der Waals surface area contributed by atoms with E-state index in [0.29, 0.717) is 16.3 Å². The molecule has 0 unspecified atom stereocenters. The fraction of sp³-hybridized carbons (Fsp3) is 0.353. The molecule has 2 rings (SSSR count). The number of rotatable bonds is 4. The highest BCUT2D eigenvalue weighted by Crippen LogP contribution is 2.23. The Morgan fingerprint density at radius 3 is 2.30 bits per heavy atom. The van der Waals surface area contributed by atoms with E-state index in [9.17, 15) is 9.18 Å². The molecule has 2 aromatic rings. The van der Waals surface area contributed by atoms with Gasteiger partial charge in [-0.05, 0) is 37.3 Å². The Kier molecular flexibility index (Phi) is 4.07. The van der Waals surface area contributed by atoms with E-state index in [1.807, 2.05) is 26.8 Å². The Morgan fingerprint density at radius 1 is 1.10 bits per heavy atom. The summed E-state index contributed by atoms with van der Waals surface area (Å²) in [5.74, 6) is -0.446. The summed E-state index contributed by atoms with van der Waals surface area (Å²) in [6.45, 7) is 6.12. The normalized spacial score (nSPS) is 11.6. The first-order valence-electron chi connectivity index (χ1n) is 7.00. The van der Waals surface area contributed by atoms with Crippen LogP contribution in [0.4, 0.5) is 4.39 Å². The van der Waals surface area contributed by atoms with Gasteiger partial charge in [0.05, 0.1) is 0 Å². The summed E-state index contributed by atoms with van der Waals surface area (Å²) in [7, 11) is 0. The standard InChI is InChI=1S/C17H20FNO/c1-4-17(3,5-2)19-16(20)14-10-11-15(18)13-9-7-6-8-12(13)14/h6-11H,4-5H2,1-3H3,(H,19,20). The molecule has 0 radical (unpaired) electrons. The summed E-state index contributed by atoms with van der Waals surface area (Å²) in [6.07, 6.45) is 1.71. The Balaban J connectivity index is 2.43. The third-order valence-electron chi connectivity index (χ3n) is 4.09. The topological polar surface area (TPSA) is 29.1 Å². The number of fused-ring (bicyclic) bond motifs is 1. The van der Waals surface area contributed by atoms with Crippen molar-refractivity contribution in [1.29, 1.82) is 0 Å². The van der Waals surface area contributed by atoms with E-state index in [-0.39, 0.29) is 17.3 Å². The van der Waals surface area contributed by atoms with Crippen molar-refractivity contribution in [3.63, 3.8) is 0 Å². The predicted octanol–water partition coefficient (Wildman–Crippen LogP) is 4.29. The van der Waals surface area contributed by atoms with E-state index in [2.05, 4.69) is 5.32 Å². The van der Waals surface area contributed by atoms with Crippen LogP contribution in [-0.2, 0) is 0 Å². The maximum absolute atomic E-state index is 13.8. The van der Waals surface area contributed by atoms with Gasteiger partial charge in [-0.15, -0.1) is 0 Å². The van der Waals surface area contributed by atoms with Gasteiger partial charge in [0.2, 0.25) is 0 Å². The Morgan fingerprint density at radius 2 is 1.70 bits per heavy atom. The maximum atomic E-state index is 13.8. The molecular weight excluding hydrogens is 253 g/mol. The molecule has 106 valence electrons. The molecule has 0 aromatic heterocycles. The van der Waals surface area contributed by atoms with Crippen LogP contribution in [0.5, 0.6) is 0 Å². The molecule has 0 aliphatic heterocycles. The molecule has 2 nitrogen and oxygen atoms in total. The molecule has 0 fully saturated rings. The lowest BCUT2D eigenvalue weighted by molar-refractivity contribution is 0.0903. The number of carbonyl (C=O) groups is 1. The lowest BCUT2D eigenvalue weighted by atomic mass is 9.94. The zero-order valence-electron chi connectivity index (χ0n) is 12.2. The van der Waals surface area contributed by atoms with Gasteiger partial charge in [0, 0.05) is 16.5 Å². The summed E-state index contributed by atoms with van der Waals surface area (Å²) < 4.78 is 13.8. The molecular formula is C17H20FNO. The molecule has 0 saturated heterocycles. The smallest absolute Gasteiger partial charge is 0.252 e. The second-order valence-corrected chi connectivity index (χ2v) is 5.36. The van der Waals surface area contributed by atoms with Gasteiger partial charge in [0.1, 0.15) is 5.82 Å². The summed E-state index contributed by atoms with van der Waals surface area (Å²) in [5, 5.41) is 4.19. The van der Waals surface area contributed by atoms with Crippen molar-refractivity contribution < 1.29 is 9.18 Å². The monoisotopic (exact) mass is 273 g/mol. The Labute approximate surface area is 119 Å². The largest absolute Gasteiger partial charge is 0.347 e. The van der Waals surface area contributed by atoms with Crippen LogP contribution in [0.15, 0.2) is 36.4 Å². The molecule has 1 amide bonds. The van der Waals surface area contributed by atoms with Gasteiger partial charge >= 0.3 is 0 Å². The Bertz CT molecular complexity index is 632. The average Bonchev–Trinajstić information content (AvgIpc) is 2.47. The molecule has 20 heavy (non-hydrogen) atoms. The fourth-order valence-corrected chi connectivity index (χ4v) is 2.23. The highest BCUT2D eigenvalue weighted by atomic mass is 19.1. The Hall–Kier alpha value is -1.90. The molecule has 3 heteroatoms. The molecule has 0 bridgehead atoms. The number of hydrogen-bond donors (Lipinski definition) is 1. The summed E-state index contributed by atoms with van der Waals surface area (Å²) in [5.41, 5.74) is 0.294. The van der Waals surface area contributed by atoms with Gasteiger partial charge in [-0.3, -0.25) is 4.79 Å². The number of nitrogens with one attached hydrogen (secondary N) is 1. The zero-order valence-corrected chi connectivity index (χ0v) is 12.2. The van der Waals surface area contributed by atoms with Crippen LogP contribution >= 0.6 is 0 Å². The number of hydrogen-bond acceptors (Lipinski definition) is 1. The van der Waals surface area contributed by atoms with Crippen molar-refractivity contribution in [2.75, 3.05) is 0 Å². The van der Waals surface area contributed by atoms with Crippen LogP contribution in [0.25, 0.3) is 10.8 Å². The number of carbonyl (C=O) groups excluding carboxylic acids is 1. The van der Waals surface area contributed by atoms with Gasteiger partial charge < -0.3 is 5.32 Å². The SMILES string of the molecule is CCC(C)(CC)NC(=O)c1ccc(F)c2ccccc12.